The van der Waals surface area contributed by atoms with Crippen molar-refractivity contribution >= 4 is 22.0 Å². The van der Waals surface area contributed by atoms with Gasteiger partial charge in [-0.25, -0.2) is 13.1 Å². The second-order valence-electron chi connectivity index (χ2n) is 3.86. The van der Waals surface area contributed by atoms with E-state index in [9.17, 15) is 18.0 Å². The molecule has 0 aliphatic rings. The van der Waals surface area contributed by atoms with Crippen LogP contribution in [0.15, 0.2) is 0 Å². The van der Waals surface area contributed by atoms with E-state index in [1.165, 1.54) is 0 Å². The van der Waals surface area contributed by atoms with Crippen molar-refractivity contribution in [2.24, 2.45) is 0 Å². The molecule has 0 aromatic carbocycles. The first-order valence-corrected chi connectivity index (χ1v) is 7.12. The average Bonchev–Trinajstić information content (AvgIpc) is 2.31. The Kier molecular flexibility index (Phi) is 6.85. The number of sulfonamides is 1. The Morgan fingerprint density at radius 2 is 1.94 bits per heavy atom. The molecule has 0 aromatic rings. The molecule has 0 saturated carbocycles. The van der Waals surface area contributed by atoms with Gasteiger partial charge in [0.05, 0.1) is 7.11 Å². The number of esters is 1. The van der Waals surface area contributed by atoms with Crippen LogP contribution < -0.4 is 4.72 Å². The fraction of sp³-hybridized carbons (Fsp3) is 0.800. The van der Waals surface area contributed by atoms with Crippen molar-refractivity contribution in [3.63, 3.8) is 0 Å². The number of rotatable bonds is 8. The van der Waals surface area contributed by atoms with Gasteiger partial charge in [0.15, 0.2) is 5.25 Å². The summed E-state index contributed by atoms with van der Waals surface area (Å²) in [5, 5.41) is 7.46. The van der Waals surface area contributed by atoms with E-state index in [0.29, 0.717) is 6.42 Å². The molecule has 0 radical (unpaired) electrons. The van der Waals surface area contributed by atoms with Gasteiger partial charge in [-0.1, -0.05) is 19.8 Å². The first-order chi connectivity index (χ1) is 8.26. The number of carbonyl (C=O) groups is 2. The first-order valence-electron chi connectivity index (χ1n) is 5.58. The highest BCUT2D eigenvalue weighted by Gasteiger charge is 2.32. The molecule has 0 rings (SSSR count). The lowest BCUT2D eigenvalue weighted by Gasteiger charge is -2.17. The number of methoxy groups -OCH3 is 1. The molecule has 1 unspecified atom stereocenters. The van der Waals surface area contributed by atoms with Gasteiger partial charge in [0.2, 0.25) is 10.0 Å². The smallest absolute Gasteiger partial charge is 0.325 e. The Morgan fingerprint density at radius 3 is 2.33 bits per heavy atom. The zero-order valence-electron chi connectivity index (χ0n) is 10.7. The molecule has 2 atom stereocenters. The average molecular weight is 281 g/mol. The first kappa shape index (κ1) is 16.9. The number of nitrogens with one attached hydrogen (secondary N) is 1. The van der Waals surface area contributed by atoms with Crippen LogP contribution in [0.25, 0.3) is 0 Å². The third-order valence-electron chi connectivity index (χ3n) is 2.45. The number of hydrogen-bond acceptors (Lipinski definition) is 5. The van der Waals surface area contributed by atoms with Crippen molar-refractivity contribution in [2.75, 3.05) is 7.11 Å². The molecule has 0 aliphatic heterocycles. The molecule has 0 spiro atoms. The van der Waals surface area contributed by atoms with Crippen molar-refractivity contribution in [3.8, 4) is 0 Å². The van der Waals surface area contributed by atoms with Crippen molar-refractivity contribution in [2.45, 2.75) is 44.4 Å². The van der Waals surface area contributed by atoms with Gasteiger partial charge in [-0.2, -0.15) is 0 Å². The highest BCUT2D eigenvalue weighted by Crippen LogP contribution is 2.07. The Balaban J connectivity index is 4.80. The minimum Gasteiger partial charge on any atom is -0.480 e. The van der Waals surface area contributed by atoms with Crippen molar-refractivity contribution in [1.29, 1.82) is 0 Å². The molecule has 0 aromatic heterocycles. The fourth-order valence-corrected chi connectivity index (χ4v) is 2.40. The molecule has 106 valence electrons. The zero-order chi connectivity index (χ0) is 14.3. The summed E-state index contributed by atoms with van der Waals surface area (Å²) in [7, 11) is -2.98. The molecule has 0 heterocycles. The molecular weight excluding hydrogens is 262 g/mol. The molecule has 0 bridgehead atoms. The molecule has 2 N–H and O–H groups in total. The van der Waals surface area contributed by atoms with E-state index >= 15 is 0 Å². The SMILES string of the molecule is CCCC[C@H](NS(=O)(=O)C(C)C(=O)OC)C(=O)O. The summed E-state index contributed by atoms with van der Waals surface area (Å²) in [6.07, 6.45) is 1.50. The quantitative estimate of drug-likeness (QED) is 0.611. The van der Waals surface area contributed by atoms with Gasteiger partial charge in [0, 0.05) is 0 Å². The van der Waals surface area contributed by atoms with Crippen LogP contribution in [-0.4, -0.2) is 43.9 Å². The highest BCUT2D eigenvalue weighted by atomic mass is 32.2. The summed E-state index contributed by atoms with van der Waals surface area (Å²) in [5.41, 5.74) is 0. The van der Waals surface area contributed by atoms with E-state index in [2.05, 4.69) is 4.74 Å². The number of ether oxygens (including phenoxy) is 1. The van der Waals surface area contributed by atoms with Crippen LogP contribution >= 0.6 is 0 Å². The number of hydrogen-bond donors (Lipinski definition) is 2. The Bertz CT molecular complexity index is 391. The minimum atomic E-state index is -4.05. The van der Waals surface area contributed by atoms with E-state index in [1.54, 1.807) is 0 Å². The standard InChI is InChI=1S/C10H19NO6S/c1-4-5-6-8(9(12)13)11-18(15,16)7(2)10(14)17-3/h7-8,11H,4-6H2,1-3H3,(H,12,13)/t7?,8-/m0/s1. The van der Waals surface area contributed by atoms with E-state index in [-0.39, 0.29) is 6.42 Å². The Hall–Kier alpha value is -1.15. The third kappa shape index (κ3) is 5.01. The minimum absolute atomic E-state index is 0.180. The summed E-state index contributed by atoms with van der Waals surface area (Å²) in [6.45, 7) is 3.01. The lowest BCUT2D eigenvalue weighted by atomic mass is 10.1. The van der Waals surface area contributed by atoms with Crippen LogP contribution in [0, 0.1) is 0 Å². The molecule has 8 heteroatoms. The number of aliphatic carboxylic acids is 1. The Labute approximate surface area is 107 Å². The predicted molar refractivity (Wildman–Crippen MR) is 64.5 cm³/mol. The molecule has 0 amide bonds. The summed E-state index contributed by atoms with van der Waals surface area (Å²) in [6, 6.07) is -1.22. The van der Waals surface area contributed by atoms with E-state index in [1.807, 2.05) is 11.6 Å². The van der Waals surface area contributed by atoms with Crippen LogP contribution in [-0.2, 0) is 24.3 Å². The molecule has 18 heavy (non-hydrogen) atoms. The second kappa shape index (κ2) is 7.32. The summed E-state index contributed by atoms with van der Waals surface area (Å²) in [4.78, 5) is 22.0. The van der Waals surface area contributed by atoms with Gasteiger partial charge >= 0.3 is 11.9 Å². The summed E-state index contributed by atoms with van der Waals surface area (Å²) < 4.78 is 29.8. The second-order valence-corrected chi connectivity index (χ2v) is 5.89. The zero-order valence-corrected chi connectivity index (χ0v) is 11.5. The van der Waals surface area contributed by atoms with Gasteiger partial charge < -0.3 is 9.84 Å². The van der Waals surface area contributed by atoms with Crippen LogP contribution in [0.5, 0.6) is 0 Å². The highest BCUT2D eigenvalue weighted by molar-refractivity contribution is 7.90. The molecule has 0 fully saturated rings. The maximum atomic E-state index is 11.7. The lowest BCUT2D eigenvalue weighted by Crippen LogP contribution is -2.46. The largest absolute Gasteiger partial charge is 0.480 e. The third-order valence-corrected chi connectivity index (χ3v) is 4.19. The number of carboxylic acids is 1. The normalized spacial score (nSPS) is 14.8. The van der Waals surface area contributed by atoms with Gasteiger partial charge in [-0.3, -0.25) is 9.59 Å². The van der Waals surface area contributed by atoms with Gasteiger partial charge in [0.1, 0.15) is 6.04 Å². The van der Waals surface area contributed by atoms with E-state index in [0.717, 1.165) is 20.5 Å². The van der Waals surface area contributed by atoms with E-state index < -0.39 is 33.3 Å². The Morgan fingerprint density at radius 1 is 1.39 bits per heavy atom. The van der Waals surface area contributed by atoms with Crippen LogP contribution in [0.1, 0.15) is 33.1 Å². The van der Waals surface area contributed by atoms with Gasteiger partial charge in [0.25, 0.3) is 0 Å². The monoisotopic (exact) mass is 281 g/mol. The lowest BCUT2D eigenvalue weighted by molar-refractivity contribution is -0.141. The van der Waals surface area contributed by atoms with E-state index in [4.69, 9.17) is 5.11 Å². The van der Waals surface area contributed by atoms with Crippen molar-refractivity contribution in [1.82, 2.24) is 4.72 Å². The summed E-state index contributed by atoms with van der Waals surface area (Å²) in [5.74, 6) is -2.19. The molecular formula is C10H19NO6S. The van der Waals surface area contributed by atoms with Crippen molar-refractivity contribution < 1.29 is 27.9 Å². The number of carboxylic acid groups (broad SMARTS) is 1. The van der Waals surface area contributed by atoms with Crippen LogP contribution in [0.4, 0.5) is 0 Å². The van der Waals surface area contributed by atoms with Gasteiger partial charge in [-0.05, 0) is 13.3 Å². The molecule has 0 aliphatic carbocycles. The predicted octanol–water partition coefficient (Wildman–Crippen LogP) is 0.111. The van der Waals surface area contributed by atoms with Crippen LogP contribution in [0.3, 0.4) is 0 Å². The molecule has 7 nitrogen and oxygen atoms in total. The maximum absolute atomic E-state index is 11.7. The van der Waals surface area contributed by atoms with Gasteiger partial charge in [-0.15, -0.1) is 0 Å². The topological polar surface area (TPSA) is 110 Å². The van der Waals surface area contributed by atoms with Crippen molar-refractivity contribution in [3.05, 3.63) is 0 Å². The number of unbranched alkanes of at least 4 members (excludes halogenated alkanes) is 1. The number of carbonyl (C=O) groups excluding carboxylic acids is 1. The van der Waals surface area contributed by atoms with Crippen LogP contribution in [0.2, 0.25) is 0 Å². The fourth-order valence-electron chi connectivity index (χ4n) is 1.23. The summed E-state index contributed by atoms with van der Waals surface area (Å²) >= 11 is 0. The maximum Gasteiger partial charge on any atom is 0.325 e. The molecule has 0 saturated heterocycles.